The number of halogens is 2. The number of benzene rings is 1. The molecular weight excluding hydrogens is 220 g/mol. The monoisotopic (exact) mass is 231 g/mol. The summed E-state index contributed by atoms with van der Waals surface area (Å²) in [6, 6.07) is 2.03. The number of ether oxygens (including phenoxy) is 1. The van der Waals surface area contributed by atoms with Crippen molar-refractivity contribution >= 4 is 5.97 Å². The van der Waals surface area contributed by atoms with Gasteiger partial charge in [0.1, 0.15) is 5.82 Å². The molecule has 0 spiro atoms. The third-order valence-corrected chi connectivity index (χ3v) is 2.19. The van der Waals surface area contributed by atoms with Crippen LogP contribution in [0.3, 0.4) is 0 Å². The summed E-state index contributed by atoms with van der Waals surface area (Å²) in [4.78, 5) is 10.8. The molecule has 0 amide bonds. The molecule has 1 aromatic rings. The van der Waals surface area contributed by atoms with Crippen molar-refractivity contribution in [2.24, 2.45) is 5.73 Å². The molecule has 4 nitrogen and oxygen atoms in total. The standard InChI is InChI=1S/C10H11F2NO3/c1-16-7-3-2-6(11)8(9(7)12)5(4-13)10(14)15/h2-3,5H,4,13H2,1H3,(H,14,15). The summed E-state index contributed by atoms with van der Waals surface area (Å²) < 4.78 is 31.6. The Labute approximate surface area is 90.6 Å². The van der Waals surface area contributed by atoms with E-state index in [-0.39, 0.29) is 5.75 Å². The van der Waals surface area contributed by atoms with Gasteiger partial charge in [0.25, 0.3) is 0 Å². The minimum absolute atomic E-state index is 0.212. The minimum Gasteiger partial charge on any atom is -0.494 e. The highest BCUT2D eigenvalue weighted by molar-refractivity contribution is 5.76. The third-order valence-electron chi connectivity index (χ3n) is 2.19. The van der Waals surface area contributed by atoms with Gasteiger partial charge in [0, 0.05) is 12.1 Å². The summed E-state index contributed by atoms with van der Waals surface area (Å²) in [6.07, 6.45) is 0. The molecule has 6 heteroatoms. The van der Waals surface area contributed by atoms with Gasteiger partial charge < -0.3 is 15.6 Å². The lowest BCUT2D eigenvalue weighted by Crippen LogP contribution is -2.23. The van der Waals surface area contributed by atoms with E-state index in [2.05, 4.69) is 4.74 Å². The maximum atomic E-state index is 13.6. The summed E-state index contributed by atoms with van der Waals surface area (Å²) in [7, 11) is 1.21. The molecule has 0 bridgehead atoms. The van der Waals surface area contributed by atoms with Crippen LogP contribution >= 0.6 is 0 Å². The summed E-state index contributed by atoms with van der Waals surface area (Å²) in [5, 5.41) is 8.79. The Balaban J connectivity index is 3.35. The topological polar surface area (TPSA) is 72.5 Å². The number of aliphatic carboxylic acids is 1. The second-order valence-electron chi connectivity index (χ2n) is 3.10. The normalized spacial score (nSPS) is 12.2. The first-order valence-corrected chi connectivity index (χ1v) is 4.47. The Morgan fingerprint density at radius 3 is 2.62 bits per heavy atom. The maximum Gasteiger partial charge on any atom is 0.312 e. The van der Waals surface area contributed by atoms with Crippen LogP contribution in [-0.4, -0.2) is 24.7 Å². The van der Waals surface area contributed by atoms with Gasteiger partial charge >= 0.3 is 5.97 Å². The lowest BCUT2D eigenvalue weighted by Gasteiger charge is -2.14. The summed E-state index contributed by atoms with van der Waals surface area (Å²) in [5.74, 6) is -4.99. The van der Waals surface area contributed by atoms with Crippen LogP contribution in [0.5, 0.6) is 5.75 Å². The van der Waals surface area contributed by atoms with E-state index in [0.29, 0.717) is 0 Å². The molecule has 0 aliphatic rings. The van der Waals surface area contributed by atoms with Crippen molar-refractivity contribution in [3.05, 3.63) is 29.3 Å². The van der Waals surface area contributed by atoms with E-state index in [1.807, 2.05) is 0 Å². The van der Waals surface area contributed by atoms with Gasteiger partial charge in [-0.25, -0.2) is 8.78 Å². The third kappa shape index (κ3) is 2.11. The van der Waals surface area contributed by atoms with Crippen LogP contribution in [0.1, 0.15) is 11.5 Å². The van der Waals surface area contributed by atoms with Gasteiger partial charge in [-0.2, -0.15) is 0 Å². The molecule has 0 fully saturated rings. The molecule has 1 rings (SSSR count). The summed E-state index contributed by atoms with van der Waals surface area (Å²) in [6.45, 7) is -0.393. The van der Waals surface area contributed by atoms with Gasteiger partial charge in [-0.1, -0.05) is 0 Å². The molecule has 1 aromatic carbocycles. The molecule has 0 saturated carbocycles. The SMILES string of the molecule is COc1ccc(F)c(C(CN)C(=O)O)c1F. The number of hydrogen-bond acceptors (Lipinski definition) is 3. The van der Waals surface area contributed by atoms with Crippen LogP contribution in [-0.2, 0) is 4.79 Å². The van der Waals surface area contributed by atoms with Crippen molar-refractivity contribution in [1.82, 2.24) is 0 Å². The second-order valence-corrected chi connectivity index (χ2v) is 3.10. The van der Waals surface area contributed by atoms with E-state index in [1.165, 1.54) is 7.11 Å². The number of nitrogens with two attached hydrogens (primary N) is 1. The quantitative estimate of drug-likeness (QED) is 0.813. The van der Waals surface area contributed by atoms with Gasteiger partial charge in [0.05, 0.1) is 13.0 Å². The van der Waals surface area contributed by atoms with Crippen LogP contribution in [0.4, 0.5) is 8.78 Å². The van der Waals surface area contributed by atoms with Gasteiger partial charge in [0.15, 0.2) is 11.6 Å². The molecular formula is C10H11F2NO3. The predicted octanol–water partition coefficient (Wildman–Crippen LogP) is 1.10. The van der Waals surface area contributed by atoms with Crippen molar-refractivity contribution in [2.75, 3.05) is 13.7 Å². The first-order chi connectivity index (χ1) is 7.52. The van der Waals surface area contributed by atoms with Crippen LogP contribution in [0.25, 0.3) is 0 Å². The fourth-order valence-electron chi connectivity index (χ4n) is 1.37. The van der Waals surface area contributed by atoms with Crippen LogP contribution in [0.15, 0.2) is 12.1 Å². The van der Waals surface area contributed by atoms with E-state index in [1.54, 1.807) is 0 Å². The molecule has 0 saturated heterocycles. The number of carboxylic acid groups (broad SMARTS) is 1. The van der Waals surface area contributed by atoms with E-state index in [4.69, 9.17) is 10.8 Å². The molecule has 0 radical (unpaired) electrons. The van der Waals surface area contributed by atoms with Crippen LogP contribution in [0.2, 0.25) is 0 Å². The van der Waals surface area contributed by atoms with Crippen molar-refractivity contribution in [3.63, 3.8) is 0 Å². The largest absolute Gasteiger partial charge is 0.494 e. The van der Waals surface area contributed by atoms with Crippen molar-refractivity contribution < 1.29 is 23.4 Å². The van der Waals surface area contributed by atoms with Crippen molar-refractivity contribution in [3.8, 4) is 5.75 Å². The highest BCUT2D eigenvalue weighted by atomic mass is 19.1. The minimum atomic E-state index is -1.42. The summed E-state index contributed by atoms with van der Waals surface area (Å²) in [5.41, 5.74) is 4.61. The van der Waals surface area contributed by atoms with E-state index in [0.717, 1.165) is 12.1 Å². The van der Waals surface area contributed by atoms with Gasteiger partial charge in [-0.15, -0.1) is 0 Å². The van der Waals surface area contributed by atoms with Crippen LogP contribution < -0.4 is 10.5 Å². The fraction of sp³-hybridized carbons (Fsp3) is 0.300. The predicted molar refractivity (Wildman–Crippen MR) is 52.3 cm³/mol. The summed E-state index contributed by atoms with van der Waals surface area (Å²) >= 11 is 0. The first-order valence-electron chi connectivity index (χ1n) is 4.47. The number of carbonyl (C=O) groups is 1. The average molecular weight is 231 g/mol. The molecule has 88 valence electrons. The highest BCUT2D eigenvalue weighted by Gasteiger charge is 2.27. The zero-order valence-corrected chi connectivity index (χ0v) is 8.54. The van der Waals surface area contributed by atoms with Crippen LogP contribution in [0, 0.1) is 11.6 Å². The van der Waals surface area contributed by atoms with E-state index < -0.39 is 35.6 Å². The van der Waals surface area contributed by atoms with E-state index >= 15 is 0 Å². The number of methoxy groups -OCH3 is 1. The average Bonchev–Trinajstić information content (AvgIpc) is 2.23. The Morgan fingerprint density at radius 2 is 2.19 bits per heavy atom. The molecule has 1 unspecified atom stereocenters. The molecule has 1 atom stereocenters. The van der Waals surface area contributed by atoms with Crippen molar-refractivity contribution in [1.29, 1.82) is 0 Å². The Bertz CT molecular complexity index is 409. The Morgan fingerprint density at radius 1 is 1.56 bits per heavy atom. The number of rotatable bonds is 4. The number of carboxylic acids is 1. The zero-order valence-electron chi connectivity index (χ0n) is 8.54. The number of hydrogen-bond donors (Lipinski definition) is 2. The molecule has 0 aromatic heterocycles. The lowest BCUT2D eigenvalue weighted by atomic mass is 9.98. The molecule has 0 heterocycles. The van der Waals surface area contributed by atoms with Gasteiger partial charge in [-0.3, -0.25) is 4.79 Å². The first kappa shape index (κ1) is 12.4. The van der Waals surface area contributed by atoms with Crippen molar-refractivity contribution in [2.45, 2.75) is 5.92 Å². The second kappa shape index (κ2) is 4.89. The lowest BCUT2D eigenvalue weighted by molar-refractivity contribution is -0.138. The molecule has 3 N–H and O–H groups in total. The maximum absolute atomic E-state index is 13.6. The van der Waals surface area contributed by atoms with Gasteiger partial charge in [-0.05, 0) is 12.1 Å². The highest BCUT2D eigenvalue weighted by Crippen LogP contribution is 2.28. The molecule has 0 aliphatic carbocycles. The Hall–Kier alpha value is -1.69. The fourth-order valence-corrected chi connectivity index (χ4v) is 1.37. The zero-order chi connectivity index (χ0) is 12.3. The van der Waals surface area contributed by atoms with E-state index in [9.17, 15) is 13.6 Å². The molecule has 0 aliphatic heterocycles. The Kier molecular flexibility index (Phi) is 3.78. The molecule has 16 heavy (non-hydrogen) atoms. The van der Waals surface area contributed by atoms with Gasteiger partial charge in [0.2, 0.25) is 0 Å². The smallest absolute Gasteiger partial charge is 0.312 e.